The highest BCUT2D eigenvalue weighted by Gasteiger charge is 2.33. The van der Waals surface area contributed by atoms with E-state index in [4.69, 9.17) is 4.74 Å². The predicted octanol–water partition coefficient (Wildman–Crippen LogP) is 5.65. The van der Waals surface area contributed by atoms with Gasteiger partial charge in [0.25, 0.3) is 0 Å². The number of ether oxygens (including phenoxy) is 1. The number of hydrogen-bond donors (Lipinski definition) is 0. The van der Waals surface area contributed by atoms with Crippen molar-refractivity contribution in [2.45, 2.75) is 53.1 Å². The summed E-state index contributed by atoms with van der Waals surface area (Å²) in [5, 5.41) is 0. The minimum atomic E-state index is -0.183. The largest absolute Gasteiger partial charge is 0.459 e. The Labute approximate surface area is 146 Å². The minimum absolute atomic E-state index is 0.0581. The Morgan fingerprint density at radius 2 is 1.92 bits per heavy atom. The molecule has 1 fully saturated rings. The van der Waals surface area contributed by atoms with Crippen molar-refractivity contribution < 1.29 is 9.53 Å². The Hall–Kier alpha value is -1.83. The van der Waals surface area contributed by atoms with Gasteiger partial charge in [0.05, 0.1) is 0 Å². The molecule has 0 unspecified atom stereocenters. The van der Waals surface area contributed by atoms with Crippen molar-refractivity contribution in [3.63, 3.8) is 0 Å². The van der Waals surface area contributed by atoms with Crippen molar-refractivity contribution in [2.24, 2.45) is 17.8 Å². The lowest BCUT2D eigenvalue weighted by Gasteiger charge is -2.36. The van der Waals surface area contributed by atoms with Gasteiger partial charge in [-0.1, -0.05) is 75.8 Å². The summed E-state index contributed by atoms with van der Waals surface area (Å²) in [6, 6.07) is 10.1. The second-order valence-corrected chi connectivity index (χ2v) is 7.39. The molecule has 1 aromatic rings. The van der Waals surface area contributed by atoms with Crippen molar-refractivity contribution >= 4 is 12.0 Å². The minimum Gasteiger partial charge on any atom is -0.459 e. The van der Waals surface area contributed by atoms with Crippen molar-refractivity contribution in [1.82, 2.24) is 0 Å². The molecule has 3 atom stereocenters. The number of carbonyl (C=O) groups excluding carboxylic acids is 1. The van der Waals surface area contributed by atoms with Gasteiger partial charge in [-0.2, -0.15) is 0 Å². The van der Waals surface area contributed by atoms with Gasteiger partial charge in [-0.05, 0) is 43.1 Å². The lowest BCUT2D eigenvalue weighted by molar-refractivity contribution is -0.151. The number of esters is 1. The van der Waals surface area contributed by atoms with Gasteiger partial charge in [-0.25, -0.2) is 4.79 Å². The molecule has 0 aliphatic heterocycles. The van der Waals surface area contributed by atoms with Crippen LogP contribution in [0.2, 0.25) is 0 Å². The van der Waals surface area contributed by atoms with Gasteiger partial charge in [0.15, 0.2) is 0 Å². The van der Waals surface area contributed by atoms with Gasteiger partial charge in [-0.3, -0.25) is 0 Å². The number of carbonyl (C=O) groups is 1. The Bertz CT molecular complexity index is 583. The SMILES string of the molecule is CC(=CC=Cc1ccccc1)C(=O)O[C@@H]1C[C@@H](C)CC[C@@H]1C(C)C. The summed E-state index contributed by atoms with van der Waals surface area (Å²) in [6.45, 7) is 8.54. The van der Waals surface area contributed by atoms with Crippen LogP contribution in [0, 0.1) is 17.8 Å². The zero-order valence-corrected chi connectivity index (χ0v) is 15.4. The first-order valence-electron chi connectivity index (χ1n) is 9.08. The second-order valence-electron chi connectivity index (χ2n) is 7.39. The average molecular weight is 326 g/mol. The van der Waals surface area contributed by atoms with E-state index < -0.39 is 0 Å². The van der Waals surface area contributed by atoms with Crippen molar-refractivity contribution in [2.75, 3.05) is 0 Å². The van der Waals surface area contributed by atoms with Gasteiger partial charge in [0, 0.05) is 5.57 Å². The smallest absolute Gasteiger partial charge is 0.333 e. The molecule has 2 rings (SSSR count). The molecule has 0 amide bonds. The van der Waals surface area contributed by atoms with Crippen LogP contribution in [0.5, 0.6) is 0 Å². The summed E-state index contributed by atoms with van der Waals surface area (Å²) >= 11 is 0. The highest BCUT2D eigenvalue weighted by Crippen LogP contribution is 2.35. The Morgan fingerprint density at radius 3 is 2.58 bits per heavy atom. The third kappa shape index (κ3) is 5.36. The van der Waals surface area contributed by atoms with Crippen LogP contribution in [0.15, 0.2) is 48.1 Å². The quantitative estimate of drug-likeness (QED) is 0.397. The van der Waals surface area contributed by atoms with Crippen LogP contribution in [-0.2, 0) is 9.53 Å². The molecule has 1 aliphatic carbocycles. The number of benzene rings is 1. The molecule has 0 aromatic heterocycles. The number of rotatable bonds is 5. The normalized spacial score (nSPS) is 25.2. The molecule has 1 saturated carbocycles. The summed E-state index contributed by atoms with van der Waals surface area (Å²) in [4.78, 5) is 12.4. The van der Waals surface area contributed by atoms with E-state index in [2.05, 4.69) is 20.8 Å². The molecule has 1 aliphatic rings. The van der Waals surface area contributed by atoms with E-state index in [1.807, 2.05) is 55.5 Å². The fourth-order valence-electron chi connectivity index (χ4n) is 3.42. The zero-order chi connectivity index (χ0) is 17.5. The first-order chi connectivity index (χ1) is 11.5. The Kier molecular flexibility index (Phi) is 6.84. The maximum Gasteiger partial charge on any atom is 0.333 e. The molecule has 24 heavy (non-hydrogen) atoms. The van der Waals surface area contributed by atoms with E-state index in [-0.39, 0.29) is 12.1 Å². The third-order valence-electron chi connectivity index (χ3n) is 4.98. The Balaban J connectivity index is 1.96. The maximum atomic E-state index is 12.4. The van der Waals surface area contributed by atoms with Crippen LogP contribution >= 0.6 is 0 Å². The fourth-order valence-corrected chi connectivity index (χ4v) is 3.42. The van der Waals surface area contributed by atoms with Gasteiger partial charge < -0.3 is 4.74 Å². The standard InChI is InChI=1S/C22H30O2/c1-16(2)20-14-13-17(3)15-21(20)24-22(23)18(4)9-8-12-19-10-6-5-7-11-19/h5-12,16-17,20-21H,13-15H2,1-4H3/t17-,20+,21+/m0/s1. The van der Waals surface area contributed by atoms with Crippen LogP contribution < -0.4 is 0 Å². The van der Waals surface area contributed by atoms with Crippen LogP contribution in [-0.4, -0.2) is 12.1 Å². The number of allylic oxidation sites excluding steroid dienone is 2. The molecule has 2 heteroatoms. The molecule has 0 bridgehead atoms. The third-order valence-corrected chi connectivity index (χ3v) is 4.98. The summed E-state index contributed by atoms with van der Waals surface area (Å²) in [6.07, 6.45) is 9.20. The molecule has 1 aromatic carbocycles. The van der Waals surface area contributed by atoms with E-state index >= 15 is 0 Å². The van der Waals surface area contributed by atoms with Crippen LogP contribution in [0.4, 0.5) is 0 Å². The van der Waals surface area contributed by atoms with Crippen LogP contribution in [0.25, 0.3) is 6.08 Å². The van der Waals surface area contributed by atoms with Gasteiger partial charge in [0.2, 0.25) is 0 Å². The van der Waals surface area contributed by atoms with Crippen LogP contribution in [0.3, 0.4) is 0 Å². The summed E-state index contributed by atoms with van der Waals surface area (Å²) in [7, 11) is 0. The summed E-state index contributed by atoms with van der Waals surface area (Å²) < 4.78 is 5.86. The Morgan fingerprint density at radius 1 is 1.21 bits per heavy atom. The molecular weight excluding hydrogens is 296 g/mol. The van der Waals surface area contributed by atoms with Crippen molar-refractivity contribution in [3.05, 3.63) is 53.6 Å². The van der Waals surface area contributed by atoms with E-state index in [0.29, 0.717) is 23.3 Å². The number of hydrogen-bond acceptors (Lipinski definition) is 2. The molecule has 0 N–H and O–H groups in total. The maximum absolute atomic E-state index is 12.4. The molecule has 0 heterocycles. The van der Waals surface area contributed by atoms with Gasteiger partial charge in [-0.15, -0.1) is 0 Å². The summed E-state index contributed by atoms with van der Waals surface area (Å²) in [5.74, 6) is 1.49. The molecule has 0 saturated heterocycles. The highest BCUT2D eigenvalue weighted by molar-refractivity contribution is 5.88. The lowest BCUT2D eigenvalue weighted by atomic mass is 9.75. The topological polar surface area (TPSA) is 26.3 Å². The fraction of sp³-hybridized carbons (Fsp3) is 0.500. The first-order valence-corrected chi connectivity index (χ1v) is 9.08. The molecular formula is C22H30O2. The van der Waals surface area contributed by atoms with E-state index in [1.165, 1.54) is 6.42 Å². The molecule has 130 valence electrons. The van der Waals surface area contributed by atoms with E-state index in [1.54, 1.807) is 0 Å². The zero-order valence-electron chi connectivity index (χ0n) is 15.4. The monoisotopic (exact) mass is 326 g/mol. The van der Waals surface area contributed by atoms with E-state index in [0.717, 1.165) is 18.4 Å². The second kappa shape index (κ2) is 8.86. The van der Waals surface area contributed by atoms with Crippen molar-refractivity contribution in [1.29, 1.82) is 0 Å². The van der Waals surface area contributed by atoms with Gasteiger partial charge >= 0.3 is 5.97 Å². The van der Waals surface area contributed by atoms with Crippen molar-refractivity contribution in [3.8, 4) is 0 Å². The molecule has 2 nitrogen and oxygen atoms in total. The summed E-state index contributed by atoms with van der Waals surface area (Å²) in [5.41, 5.74) is 1.78. The highest BCUT2D eigenvalue weighted by atomic mass is 16.5. The van der Waals surface area contributed by atoms with Gasteiger partial charge in [0.1, 0.15) is 6.10 Å². The molecule has 0 spiro atoms. The van der Waals surface area contributed by atoms with Crippen LogP contribution in [0.1, 0.15) is 52.5 Å². The average Bonchev–Trinajstić information content (AvgIpc) is 2.55. The molecule has 0 radical (unpaired) electrons. The van der Waals surface area contributed by atoms with E-state index in [9.17, 15) is 4.79 Å². The predicted molar refractivity (Wildman–Crippen MR) is 100 cm³/mol. The first kappa shape index (κ1) is 18.5. The lowest BCUT2D eigenvalue weighted by Crippen LogP contribution is -2.36.